The molecule has 8 heteroatoms. The van der Waals surface area contributed by atoms with Gasteiger partial charge in [-0.3, -0.25) is 9.59 Å². The van der Waals surface area contributed by atoms with Gasteiger partial charge in [0, 0.05) is 18.5 Å². The van der Waals surface area contributed by atoms with Crippen molar-refractivity contribution in [2.24, 2.45) is 0 Å². The molecule has 8 nitrogen and oxygen atoms in total. The highest BCUT2D eigenvalue weighted by Gasteiger charge is 2.44. The first-order chi connectivity index (χ1) is 15.3. The quantitative estimate of drug-likeness (QED) is 0.548. The molecule has 1 aliphatic heterocycles. The highest BCUT2D eigenvalue weighted by atomic mass is 16.5. The second-order valence-corrected chi connectivity index (χ2v) is 7.88. The third kappa shape index (κ3) is 3.69. The summed E-state index contributed by atoms with van der Waals surface area (Å²) < 4.78 is 10.9. The van der Waals surface area contributed by atoms with Crippen LogP contribution in [0.3, 0.4) is 0 Å². The molecule has 1 atom stereocenters. The van der Waals surface area contributed by atoms with Crippen molar-refractivity contribution in [3.63, 3.8) is 0 Å². The predicted molar refractivity (Wildman–Crippen MR) is 118 cm³/mol. The Balaban J connectivity index is 1.81. The molecule has 4 rings (SSSR count). The van der Waals surface area contributed by atoms with Crippen LogP contribution in [0, 0.1) is 0 Å². The van der Waals surface area contributed by atoms with Gasteiger partial charge in [0.05, 0.1) is 18.7 Å². The second kappa shape index (κ2) is 8.39. The maximum Gasteiger partial charge on any atom is 0.290 e. The number of Topliss-reactive ketones (excluding diaryl/α,β-unsaturated/α-hetero) is 1. The van der Waals surface area contributed by atoms with Gasteiger partial charge in [-0.05, 0) is 43.9 Å². The summed E-state index contributed by atoms with van der Waals surface area (Å²) in [6, 6.07) is 12.5. The number of likely N-dealkylation sites (N-methyl/N-ethyl adjacent to an activating group) is 1. The largest absolute Gasteiger partial charge is 0.504 e. The van der Waals surface area contributed by atoms with Gasteiger partial charge in [0.1, 0.15) is 5.58 Å². The highest BCUT2D eigenvalue weighted by Crippen LogP contribution is 2.41. The smallest absolute Gasteiger partial charge is 0.290 e. The minimum atomic E-state index is -0.863. The van der Waals surface area contributed by atoms with Gasteiger partial charge in [0.2, 0.25) is 5.78 Å². The lowest BCUT2D eigenvalue weighted by Gasteiger charge is -2.28. The summed E-state index contributed by atoms with van der Waals surface area (Å²) in [7, 11) is 5.15. The number of carbonyl (C=O) groups is 2. The molecular formula is C24H24N2O6. The van der Waals surface area contributed by atoms with E-state index in [1.54, 1.807) is 30.3 Å². The zero-order chi connectivity index (χ0) is 23.0. The minimum absolute atomic E-state index is 0.0331. The van der Waals surface area contributed by atoms with E-state index < -0.39 is 23.5 Å². The summed E-state index contributed by atoms with van der Waals surface area (Å²) in [5.41, 5.74) is 0.989. The van der Waals surface area contributed by atoms with E-state index in [0.717, 1.165) is 5.39 Å². The molecule has 0 fully saturated rings. The maximum atomic E-state index is 13.5. The van der Waals surface area contributed by atoms with Crippen molar-refractivity contribution < 1.29 is 29.0 Å². The molecule has 0 radical (unpaired) electrons. The summed E-state index contributed by atoms with van der Waals surface area (Å²) in [6.45, 7) is 0.803. The summed E-state index contributed by atoms with van der Waals surface area (Å²) in [4.78, 5) is 29.8. The second-order valence-electron chi connectivity index (χ2n) is 7.88. The van der Waals surface area contributed by atoms with Crippen LogP contribution in [0.1, 0.15) is 22.2 Å². The lowest BCUT2D eigenvalue weighted by atomic mass is 9.94. The van der Waals surface area contributed by atoms with Crippen LogP contribution in [0.15, 0.2) is 64.3 Å². The number of fused-ring (bicyclic) bond motifs is 1. The van der Waals surface area contributed by atoms with E-state index in [2.05, 4.69) is 0 Å². The number of phenolic OH excluding ortho intramolecular Hbond substituents is 1. The third-order valence-electron chi connectivity index (χ3n) is 5.51. The topological polar surface area (TPSA) is 103 Å². The number of benzene rings is 2. The fraction of sp³-hybridized carbons (Fsp3) is 0.250. The number of aliphatic hydroxyl groups excluding tert-OH is 1. The number of nitrogens with zero attached hydrogens (tertiary/aromatic N) is 2. The van der Waals surface area contributed by atoms with Gasteiger partial charge in [-0.15, -0.1) is 0 Å². The summed E-state index contributed by atoms with van der Waals surface area (Å²) in [5.74, 6) is -1.65. The van der Waals surface area contributed by atoms with Gasteiger partial charge in [-0.2, -0.15) is 0 Å². The number of hydrogen-bond acceptors (Lipinski definition) is 7. The van der Waals surface area contributed by atoms with E-state index in [0.29, 0.717) is 17.7 Å². The summed E-state index contributed by atoms with van der Waals surface area (Å²) in [6.07, 6.45) is 0. The van der Waals surface area contributed by atoms with Gasteiger partial charge in [-0.25, -0.2) is 0 Å². The number of aliphatic hydroxyl groups is 1. The van der Waals surface area contributed by atoms with Crippen molar-refractivity contribution in [2.75, 3.05) is 34.3 Å². The summed E-state index contributed by atoms with van der Waals surface area (Å²) in [5, 5.41) is 21.5. The monoisotopic (exact) mass is 436 g/mol. The van der Waals surface area contributed by atoms with E-state index in [9.17, 15) is 19.8 Å². The van der Waals surface area contributed by atoms with Crippen molar-refractivity contribution in [2.45, 2.75) is 6.04 Å². The molecule has 1 amide bonds. The van der Waals surface area contributed by atoms with Crippen molar-refractivity contribution in [1.29, 1.82) is 0 Å². The first-order valence-electron chi connectivity index (χ1n) is 10.1. The van der Waals surface area contributed by atoms with E-state index >= 15 is 0 Å². The zero-order valence-electron chi connectivity index (χ0n) is 18.0. The van der Waals surface area contributed by atoms with Crippen molar-refractivity contribution >= 4 is 22.7 Å². The van der Waals surface area contributed by atoms with Crippen LogP contribution < -0.4 is 4.74 Å². The highest BCUT2D eigenvalue weighted by molar-refractivity contribution is 6.16. The average Bonchev–Trinajstić information content (AvgIpc) is 3.32. The van der Waals surface area contributed by atoms with Crippen molar-refractivity contribution in [3.8, 4) is 11.5 Å². The number of phenols is 1. The Kier molecular flexibility index (Phi) is 5.63. The fourth-order valence-electron chi connectivity index (χ4n) is 3.86. The Labute approximate surface area is 184 Å². The van der Waals surface area contributed by atoms with E-state index in [4.69, 9.17) is 9.15 Å². The Bertz CT molecular complexity index is 1190. The van der Waals surface area contributed by atoms with Gasteiger partial charge < -0.3 is 29.2 Å². The first kappa shape index (κ1) is 21.5. The molecule has 0 saturated heterocycles. The molecule has 0 unspecified atom stereocenters. The Morgan fingerprint density at radius 3 is 2.59 bits per heavy atom. The fourth-order valence-corrected chi connectivity index (χ4v) is 3.86. The number of carbonyl (C=O) groups excluding carboxylic acids is 2. The van der Waals surface area contributed by atoms with Crippen LogP contribution in [-0.2, 0) is 4.79 Å². The third-order valence-corrected chi connectivity index (χ3v) is 5.51. The molecule has 166 valence electrons. The Hall–Kier alpha value is -3.78. The van der Waals surface area contributed by atoms with E-state index in [-0.39, 0.29) is 29.4 Å². The number of methoxy groups -OCH3 is 1. The molecule has 1 aliphatic rings. The molecular weight excluding hydrogens is 412 g/mol. The molecule has 0 saturated carbocycles. The minimum Gasteiger partial charge on any atom is -0.504 e. The molecule has 2 aromatic carbocycles. The van der Waals surface area contributed by atoms with Gasteiger partial charge in [-0.1, -0.05) is 24.3 Å². The van der Waals surface area contributed by atoms with Crippen LogP contribution >= 0.6 is 0 Å². The average molecular weight is 436 g/mol. The lowest BCUT2D eigenvalue weighted by Crippen LogP contribution is -2.36. The van der Waals surface area contributed by atoms with Crippen LogP contribution in [0.25, 0.3) is 11.0 Å². The number of rotatable bonds is 7. The van der Waals surface area contributed by atoms with Crippen LogP contribution in [0.2, 0.25) is 0 Å². The maximum absolute atomic E-state index is 13.5. The molecule has 32 heavy (non-hydrogen) atoms. The predicted octanol–water partition coefficient (Wildman–Crippen LogP) is 3.29. The molecule has 0 aliphatic carbocycles. The molecule has 1 aromatic heterocycles. The Morgan fingerprint density at radius 1 is 1.16 bits per heavy atom. The van der Waals surface area contributed by atoms with E-state index in [1.807, 2.05) is 31.1 Å². The standard InChI is InChI=1S/C24H24N2O6/c1-25(2)10-11-26-21(15-8-9-16(27)18(13-15)31-3)20(23(29)24(26)30)22(28)19-12-14-6-4-5-7-17(14)32-19/h4-9,12-13,21,27,29H,10-11H2,1-3H3/t21-/m1/s1. The van der Waals surface area contributed by atoms with E-state index in [1.165, 1.54) is 18.1 Å². The number of aromatic hydroxyl groups is 1. The number of hydrogen-bond donors (Lipinski definition) is 2. The normalized spacial score (nSPS) is 16.4. The number of ketones is 1. The van der Waals surface area contributed by atoms with Crippen molar-refractivity contribution in [1.82, 2.24) is 9.80 Å². The Morgan fingerprint density at radius 2 is 1.91 bits per heavy atom. The van der Waals surface area contributed by atoms with Crippen molar-refractivity contribution in [3.05, 3.63) is 71.2 Å². The molecule has 2 heterocycles. The van der Waals surface area contributed by atoms with Crippen LogP contribution in [-0.4, -0.2) is 66.0 Å². The van der Waals surface area contributed by atoms with Gasteiger partial charge >= 0.3 is 0 Å². The lowest BCUT2D eigenvalue weighted by molar-refractivity contribution is -0.129. The SMILES string of the molecule is COc1cc([C@@H]2C(C(=O)c3cc4ccccc4o3)=C(O)C(=O)N2CCN(C)C)ccc1O. The van der Waals surface area contributed by atoms with Crippen LogP contribution in [0.4, 0.5) is 0 Å². The van der Waals surface area contributed by atoms with Gasteiger partial charge in [0.15, 0.2) is 23.0 Å². The zero-order valence-corrected chi connectivity index (χ0v) is 18.0. The first-order valence-corrected chi connectivity index (χ1v) is 10.1. The number of para-hydroxylation sites is 1. The summed E-state index contributed by atoms with van der Waals surface area (Å²) >= 11 is 0. The number of amides is 1. The molecule has 3 aromatic rings. The number of ether oxygens (including phenoxy) is 1. The molecule has 2 N–H and O–H groups in total. The molecule has 0 spiro atoms. The van der Waals surface area contributed by atoms with Crippen LogP contribution in [0.5, 0.6) is 11.5 Å². The molecule has 0 bridgehead atoms. The number of furan rings is 1. The van der Waals surface area contributed by atoms with Gasteiger partial charge in [0.25, 0.3) is 5.91 Å².